The summed E-state index contributed by atoms with van der Waals surface area (Å²) < 4.78 is 5.43. The summed E-state index contributed by atoms with van der Waals surface area (Å²) >= 11 is 5.49. The molecule has 2 aliphatic rings. The molecule has 0 radical (unpaired) electrons. The van der Waals surface area contributed by atoms with Crippen LogP contribution in [0.4, 0.5) is 10.5 Å². The fourth-order valence-electron chi connectivity index (χ4n) is 3.84. The van der Waals surface area contributed by atoms with Crippen LogP contribution in [0.15, 0.2) is 35.5 Å². The van der Waals surface area contributed by atoms with E-state index in [0.717, 1.165) is 19.3 Å². The van der Waals surface area contributed by atoms with E-state index >= 15 is 0 Å². The van der Waals surface area contributed by atoms with Crippen molar-refractivity contribution in [2.75, 3.05) is 13.1 Å². The number of carbonyl (C=O) groups excluding carboxylic acids is 2. The third-order valence-electron chi connectivity index (χ3n) is 5.24. The number of carbonyl (C=O) groups is 2. The first-order valence-corrected chi connectivity index (χ1v) is 10.7. The Morgan fingerprint density at radius 3 is 2.55 bits per heavy atom. The standard InChI is InChI=1S/C21H26N4O5S/c1-13(2)30-19(26)17-14(3)22-20(31)24(21(27)23-10-5-4-6-11-23)18(17)15-8-7-9-16(12-15)25(28)29/h7-9,12-13,18H,4-6,10-11H2,1-3H3,(H,22,31). The molecular formula is C21H26N4O5S. The third kappa shape index (κ3) is 4.84. The number of amides is 2. The quantitative estimate of drug-likeness (QED) is 0.326. The van der Waals surface area contributed by atoms with Gasteiger partial charge in [-0.05, 0) is 57.8 Å². The Balaban J connectivity index is 2.13. The number of ether oxygens (including phenoxy) is 1. The average Bonchev–Trinajstić information content (AvgIpc) is 2.72. The van der Waals surface area contributed by atoms with Crippen molar-refractivity contribution in [1.82, 2.24) is 15.1 Å². The summed E-state index contributed by atoms with van der Waals surface area (Å²) in [5, 5.41) is 14.5. The van der Waals surface area contributed by atoms with Gasteiger partial charge in [-0.25, -0.2) is 9.59 Å². The molecule has 1 atom stereocenters. The normalized spacial score (nSPS) is 19.4. The molecule has 3 rings (SSSR count). The van der Waals surface area contributed by atoms with Gasteiger partial charge in [0.15, 0.2) is 5.11 Å². The highest BCUT2D eigenvalue weighted by Crippen LogP contribution is 2.37. The molecule has 9 nitrogen and oxygen atoms in total. The summed E-state index contributed by atoms with van der Waals surface area (Å²) in [7, 11) is 0. The minimum atomic E-state index is -0.936. The van der Waals surface area contributed by atoms with Crippen LogP contribution in [-0.4, -0.2) is 51.0 Å². The molecule has 2 aliphatic heterocycles. The number of benzene rings is 1. The Labute approximate surface area is 186 Å². The predicted molar refractivity (Wildman–Crippen MR) is 118 cm³/mol. The van der Waals surface area contributed by atoms with E-state index in [4.69, 9.17) is 17.0 Å². The number of urea groups is 1. The Bertz CT molecular complexity index is 939. The fourth-order valence-corrected chi connectivity index (χ4v) is 4.18. The largest absolute Gasteiger partial charge is 0.459 e. The molecule has 31 heavy (non-hydrogen) atoms. The molecule has 1 aromatic carbocycles. The molecule has 1 aromatic rings. The molecule has 0 saturated carbocycles. The Morgan fingerprint density at radius 2 is 1.94 bits per heavy atom. The van der Waals surface area contributed by atoms with E-state index in [9.17, 15) is 19.7 Å². The van der Waals surface area contributed by atoms with E-state index in [2.05, 4.69) is 5.32 Å². The first-order valence-electron chi connectivity index (χ1n) is 10.3. The molecule has 0 aromatic heterocycles. The number of rotatable bonds is 4. The summed E-state index contributed by atoms with van der Waals surface area (Å²) in [6, 6.07) is 4.64. The van der Waals surface area contributed by atoms with Crippen molar-refractivity contribution in [3.05, 3.63) is 51.2 Å². The molecule has 0 spiro atoms. The molecular weight excluding hydrogens is 420 g/mol. The maximum absolute atomic E-state index is 13.5. The summed E-state index contributed by atoms with van der Waals surface area (Å²) in [4.78, 5) is 40.4. The van der Waals surface area contributed by atoms with Crippen molar-refractivity contribution in [3.8, 4) is 0 Å². The summed E-state index contributed by atoms with van der Waals surface area (Å²) in [6.07, 6.45) is 2.45. The predicted octanol–water partition coefficient (Wildman–Crippen LogP) is 3.66. The molecule has 1 unspecified atom stereocenters. The molecule has 2 amide bonds. The number of piperidine rings is 1. The highest BCUT2D eigenvalue weighted by Gasteiger charge is 2.42. The fraction of sp³-hybridized carbons (Fsp3) is 0.476. The van der Waals surface area contributed by atoms with Crippen LogP contribution in [0.1, 0.15) is 51.6 Å². The number of nitro groups is 1. The van der Waals surface area contributed by atoms with E-state index in [0.29, 0.717) is 24.4 Å². The lowest BCUT2D eigenvalue weighted by molar-refractivity contribution is -0.384. The van der Waals surface area contributed by atoms with E-state index in [1.807, 2.05) is 0 Å². The van der Waals surface area contributed by atoms with Gasteiger partial charge in [-0.15, -0.1) is 0 Å². The molecule has 166 valence electrons. The van der Waals surface area contributed by atoms with Crippen LogP contribution in [0.2, 0.25) is 0 Å². The van der Waals surface area contributed by atoms with Crippen LogP contribution >= 0.6 is 12.2 Å². The van der Waals surface area contributed by atoms with Gasteiger partial charge in [-0.3, -0.25) is 15.0 Å². The number of non-ortho nitro benzene ring substituents is 1. The van der Waals surface area contributed by atoms with Crippen molar-refractivity contribution in [2.24, 2.45) is 0 Å². The molecule has 1 saturated heterocycles. The zero-order valence-corrected chi connectivity index (χ0v) is 18.6. The first-order chi connectivity index (χ1) is 14.7. The number of hydrogen-bond acceptors (Lipinski definition) is 6. The van der Waals surface area contributed by atoms with Crippen molar-refractivity contribution < 1.29 is 19.2 Å². The van der Waals surface area contributed by atoms with Crippen LogP contribution in [-0.2, 0) is 9.53 Å². The van der Waals surface area contributed by atoms with Crippen LogP contribution in [0.3, 0.4) is 0 Å². The second kappa shape index (κ2) is 9.42. The Hall–Kier alpha value is -3.01. The van der Waals surface area contributed by atoms with Gasteiger partial charge in [0.05, 0.1) is 16.6 Å². The van der Waals surface area contributed by atoms with Gasteiger partial charge in [0, 0.05) is 30.9 Å². The van der Waals surface area contributed by atoms with Gasteiger partial charge in [-0.2, -0.15) is 0 Å². The van der Waals surface area contributed by atoms with Gasteiger partial charge in [0.2, 0.25) is 0 Å². The number of likely N-dealkylation sites (tertiary alicyclic amines) is 1. The van der Waals surface area contributed by atoms with E-state index in [1.165, 1.54) is 23.1 Å². The van der Waals surface area contributed by atoms with Crippen molar-refractivity contribution in [2.45, 2.75) is 52.2 Å². The number of nitro benzene ring substituents is 1. The van der Waals surface area contributed by atoms with Gasteiger partial charge >= 0.3 is 12.0 Å². The number of hydrogen-bond donors (Lipinski definition) is 1. The average molecular weight is 447 g/mol. The number of allylic oxidation sites excluding steroid dienone is 1. The lowest BCUT2D eigenvalue weighted by Gasteiger charge is -2.41. The van der Waals surface area contributed by atoms with Crippen LogP contribution in [0, 0.1) is 10.1 Å². The number of nitrogens with zero attached hydrogens (tertiary/aromatic N) is 3. The maximum atomic E-state index is 13.5. The summed E-state index contributed by atoms with van der Waals surface area (Å²) in [6.45, 7) is 6.32. The number of thiocarbonyl (C=S) groups is 1. The van der Waals surface area contributed by atoms with Crippen LogP contribution in [0.5, 0.6) is 0 Å². The minimum absolute atomic E-state index is 0.137. The monoisotopic (exact) mass is 446 g/mol. The topological polar surface area (TPSA) is 105 Å². The van der Waals surface area contributed by atoms with Crippen molar-refractivity contribution in [3.63, 3.8) is 0 Å². The lowest BCUT2D eigenvalue weighted by atomic mass is 9.93. The van der Waals surface area contributed by atoms with E-state index < -0.39 is 16.9 Å². The maximum Gasteiger partial charge on any atom is 0.338 e. The molecule has 1 fully saturated rings. The van der Waals surface area contributed by atoms with Gasteiger partial charge < -0.3 is 15.0 Å². The number of nitrogens with one attached hydrogen (secondary N) is 1. The molecule has 0 bridgehead atoms. The SMILES string of the molecule is CC1=C(C(=O)OC(C)C)C(c2cccc([N+](=O)[O-])c2)N(C(=O)N2CCCCC2)C(=S)N1. The van der Waals surface area contributed by atoms with E-state index in [1.54, 1.807) is 31.7 Å². The van der Waals surface area contributed by atoms with Crippen LogP contribution in [0.25, 0.3) is 0 Å². The number of esters is 1. The molecule has 2 heterocycles. The van der Waals surface area contributed by atoms with Gasteiger partial charge in [0.1, 0.15) is 6.04 Å². The Kier molecular flexibility index (Phi) is 6.89. The smallest absolute Gasteiger partial charge is 0.338 e. The lowest BCUT2D eigenvalue weighted by Crippen LogP contribution is -2.56. The third-order valence-corrected chi connectivity index (χ3v) is 5.54. The Morgan fingerprint density at radius 1 is 1.26 bits per heavy atom. The van der Waals surface area contributed by atoms with Gasteiger partial charge in [0.25, 0.3) is 5.69 Å². The zero-order chi connectivity index (χ0) is 22.7. The first kappa shape index (κ1) is 22.7. The molecule has 10 heteroatoms. The molecule has 1 N–H and O–H groups in total. The summed E-state index contributed by atoms with van der Waals surface area (Å²) in [5.41, 5.74) is 0.933. The zero-order valence-electron chi connectivity index (χ0n) is 17.8. The second-order valence-electron chi connectivity index (χ2n) is 7.88. The second-order valence-corrected chi connectivity index (χ2v) is 8.26. The van der Waals surface area contributed by atoms with Crippen molar-refractivity contribution in [1.29, 1.82) is 0 Å². The van der Waals surface area contributed by atoms with Crippen LogP contribution < -0.4 is 5.32 Å². The summed E-state index contributed by atoms with van der Waals surface area (Å²) in [5.74, 6) is -0.601. The van der Waals surface area contributed by atoms with Crippen molar-refractivity contribution >= 4 is 35.0 Å². The highest BCUT2D eigenvalue weighted by atomic mass is 32.1. The molecule has 0 aliphatic carbocycles. The van der Waals surface area contributed by atoms with E-state index in [-0.39, 0.29) is 28.5 Å². The minimum Gasteiger partial charge on any atom is -0.459 e. The van der Waals surface area contributed by atoms with Gasteiger partial charge in [-0.1, -0.05) is 12.1 Å². The highest BCUT2D eigenvalue weighted by molar-refractivity contribution is 7.80.